The van der Waals surface area contributed by atoms with E-state index >= 15 is 0 Å². The number of sulfonamides is 1. The summed E-state index contributed by atoms with van der Waals surface area (Å²) in [4.78, 5) is 12.7. The highest BCUT2D eigenvalue weighted by molar-refractivity contribution is 7.89. The van der Waals surface area contributed by atoms with Gasteiger partial charge in [0.1, 0.15) is 5.75 Å². The van der Waals surface area contributed by atoms with Gasteiger partial charge < -0.3 is 10.1 Å². The van der Waals surface area contributed by atoms with E-state index in [0.717, 1.165) is 19.3 Å². The van der Waals surface area contributed by atoms with Crippen LogP contribution in [-0.4, -0.2) is 37.8 Å². The van der Waals surface area contributed by atoms with Crippen LogP contribution < -0.4 is 10.1 Å². The van der Waals surface area contributed by atoms with Crippen LogP contribution in [0.25, 0.3) is 0 Å². The third-order valence-corrected chi connectivity index (χ3v) is 6.45. The number of benzene rings is 2. The monoisotopic (exact) mass is 402 g/mol. The highest BCUT2D eigenvalue weighted by Crippen LogP contribution is 2.31. The molecule has 0 atom stereocenters. The molecule has 1 N–H and O–H groups in total. The summed E-state index contributed by atoms with van der Waals surface area (Å²) in [7, 11) is -3.60. The number of anilines is 1. The van der Waals surface area contributed by atoms with Crippen molar-refractivity contribution in [3.05, 3.63) is 54.1 Å². The molecule has 1 saturated heterocycles. The lowest BCUT2D eigenvalue weighted by atomic mass is 10.2. The molecule has 1 amide bonds. The molecule has 0 unspecified atom stereocenters. The molecule has 28 heavy (non-hydrogen) atoms. The van der Waals surface area contributed by atoms with E-state index in [9.17, 15) is 13.2 Å². The second kappa shape index (κ2) is 8.75. The fourth-order valence-electron chi connectivity index (χ4n) is 3.16. The van der Waals surface area contributed by atoms with Crippen LogP contribution in [0.3, 0.4) is 0 Å². The normalized spacial score (nSPS) is 15.4. The average Bonchev–Trinajstić information content (AvgIpc) is 2.70. The number of hydrogen-bond donors (Lipinski definition) is 1. The van der Waals surface area contributed by atoms with Gasteiger partial charge >= 0.3 is 0 Å². The Kier molecular flexibility index (Phi) is 6.36. The van der Waals surface area contributed by atoms with Crippen LogP contribution in [0.5, 0.6) is 5.75 Å². The summed E-state index contributed by atoms with van der Waals surface area (Å²) in [6.07, 6.45) is 2.67. The van der Waals surface area contributed by atoms with Gasteiger partial charge in [0.25, 0.3) is 5.91 Å². The van der Waals surface area contributed by atoms with Gasteiger partial charge in [-0.3, -0.25) is 4.79 Å². The van der Waals surface area contributed by atoms with Crippen LogP contribution in [-0.2, 0) is 10.0 Å². The van der Waals surface area contributed by atoms with E-state index in [0.29, 0.717) is 30.1 Å². The first-order valence-corrected chi connectivity index (χ1v) is 11.0. The van der Waals surface area contributed by atoms with Crippen molar-refractivity contribution in [2.45, 2.75) is 44.1 Å². The van der Waals surface area contributed by atoms with E-state index < -0.39 is 10.0 Å². The maximum atomic E-state index is 13.0. The Morgan fingerprint density at radius 2 is 1.71 bits per heavy atom. The van der Waals surface area contributed by atoms with Crippen molar-refractivity contribution in [1.82, 2.24) is 4.31 Å². The lowest BCUT2D eigenvalue weighted by Crippen LogP contribution is -2.35. The fraction of sp³-hybridized carbons (Fsp3) is 0.381. The second-order valence-electron chi connectivity index (χ2n) is 7.11. The topological polar surface area (TPSA) is 75.7 Å². The van der Waals surface area contributed by atoms with Crippen LogP contribution in [0.4, 0.5) is 5.69 Å². The Morgan fingerprint density at radius 1 is 1.04 bits per heavy atom. The van der Waals surface area contributed by atoms with Gasteiger partial charge in [0.15, 0.2) is 0 Å². The molecule has 3 rings (SSSR count). The lowest BCUT2D eigenvalue weighted by molar-refractivity contribution is 0.102. The highest BCUT2D eigenvalue weighted by Gasteiger charge is 2.27. The summed E-state index contributed by atoms with van der Waals surface area (Å²) in [6.45, 7) is 4.80. The third-order valence-electron chi connectivity index (χ3n) is 4.55. The summed E-state index contributed by atoms with van der Waals surface area (Å²) in [5, 5.41) is 2.80. The number of carbonyl (C=O) groups excluding carboxylic acids is 1. The Hall–Kier alpha value is -2.38. The largest absolute Gasteiger partial charge is 0.489 e. The number of amides is 1. The van der Waals surface area contributed by atoms with Crippen LogP contribution in [0.15, 0.2) is 53.4 Å². The van der Waals surface area contributed by atoms with Crippen molar-refractivity contribution in [1.29, 1.82) is 0 Å². The number of hydrogen-bond acceptors (Lipinski definition) is 4. The molecular formula is C21H26N2O4S. The number of rotatable bonds is 6. The van der Waals surface area contributed by atoms with Gasteiger partial charge in [0.05, 0.1) is 16.7 Å². The minimum atomic E-state index is -3.60. The number of nitrogens with zero attached hydrogens (tertiary/aromatic N) is 1. The van der Waals surface area contributed by atoms with Crippen molar-refractivity contribution < 1.29 is 17.9 Å². The minimum Gasteiger partial charge on any atom is -0.489 e. The molecule has 1 aliphatic rings. The van der Waals surface area contributed by atoms with Crippen LogP contribution >= 0.6 is 0 Å². The van der Waals surface area contributed by atoms with Crippen LogP contribution in [0, 0.1) is 0 Å². The SMILES string of the molecule is CC(C)Oc1ccc(S(=O)(=O)N2CCCCC2)cc1NC(=O)c1ccccc1. The van der Waals surface area contributed by atoms with Crippen molar-refractivity contribution in [2.24, 2.45) is 0 Å². The molecule has 0 radical (unpaired) electrons. The minimum absolute atomic E-state index is 0.114. The lowest BCUT2D eigenvalue weighted by Gasteiger charge is -2.26. The van der Waals surface area contributed by atoms with Crippen molar-refractivity contribution in [3.8, 4) is 5.75 Å². The standard InChI is InChI=1S/C21H26N2O4S/c1-16(2)27-20-12-11-18(28(25,26)23-13-7-4-8-14-23)15-19(20)22-21(24)17-9-5-3-6-10-17/h3,5-6,9-12,15-16H,4,7-8,13-14H2,1-2H3,(H,22,24). The third kappa shape index (κ3) is 4.72. The molecule has 0 spiro atoms. The number of nitrogens with one attached hydrogen (secondary N) is 1. The predicted molar refractivity (Wildman–Crippen MR) is 109 cm³/mol. The van der Waals surface area contributed by atoms with E-state index in [1.165, 1.54) is 10.4 Å². The van der Waals surface area contributed by atoms with Gasteiger partial charge in [-0.25, -0.2) is 8.42 Å². The summed E-state index contributed by atoms with van der Waals surface area (Å²) < 4.78 is 33.3. The summed E-state index contributed by atoms with van der Waals surface area (Å²) in [5.74, 6) is 0.124. The van der Waals surface area contributed by atoms with Gasteiger partial charge in [0, 0.05) is 18.7 Å². The fourth-order valence-corrected chi connectivity index (χ4v) is 4.71. The van der Waals surface area contributed by atoms with Crippen LogP contribution in [0.1, 0.15) is 43.5 Å². The van der Waals surface area contributed by atoms with Crippen molar-refractivity contribution in [3.63, 3.8) is 0 Å². The van der Waals surface area contributed by atoms with Crippen molar-refractivity contribution >= 4 is 21.6 Å². The molecule has 1 heterocycles. The zero-order valence-corrected chi connectivity index (χ0v) is 17.0. The molecular weight excluding hydrogens is 376 g/mol. The van der Waals surface area contributed by atoms with Gasteiger partial charge in [-0.15, -0.1) is 0 Å². The summed E-state index contributed by atoms with van der Waals surface area (Å²) in [5.41, 5.74) is 0.836. The Morgan fingerprint density at radius 3 is 2.36 bits per heavy atom. The molecule has 1 fully saturated rings. The molecule has 0 saturated carbocycles. The Bertz CT molecular complexity index is 921. The number of piperidine rings is 1. The first kappa shape index (κ1) is 20.4. The van der Waals surface area contributed by atoms with E-state index in [1.54, 1.807) is 36.4 Å². The van der Waals surface area contributed by atoms with E-state index in [-0.39, 0.29) is 16.9 Å². The highest BCUT2D eigenvalue weighted by atomic mass is 32.2. The quantitative estimate of drug-likeness (QED) is 0.795. The van der Waals surface area contributed by atoms with Gasteiger partial charge in [0.2, 0.25) is 10.0 Å². The van der Waals surface area contributed by atoms with Gasteiger partial charge in [-0.1, -0.05) is 24.6 Å². The molecule has 0 bridgehead atoms. The summed E-state index contributed by atoms with van der Waals surface area (Å²) >= 11 is 0. The zero-order valence-electron chi connectivity index (χ0n) is 16.2. The molecule has 7 heteroatoms. The smallest absolute Gasteiger partial charge is 0.255 e. The zero-order chi connectivity index (χ0) is 20.1. The number of carbonyl (C=O) groups is 1. The molecule has 2 aromatic rings. The van der Waals surface area contributed by atoms with Gasteiger partial charge in [-0.2, -0.15) is 4.31 Å². The molecule has 1 aliphatic heterocycles. The first-order chi connectivity index (χ1) is 13.4. The Balaban J connectivity index is 1.93. The maximum absolute atomic E-state index is 13.0. The Labute approximate surface area is 166 Å². The molecule has 0 aliphatic carbocycles. The maximum Gasteiger partial charge on any atom is 0.255 e. The summed E-state index contributed by atoms with van der Waals surface area (Å²) in [6, 6.07) is 13.4. The second-order valence-corrected chi connectivity index (χ2v) is 9.05. The average molecular weight is 403 g/mol. The van der Waals surface area contributed by atoms with E-state index in [1.807, 2.05) is 19.9 Å². The van der Waals surface area contributed by atoms with Crippen molar-refractivity contribution in [2.75, 3.05) is 18.4 Å². The molecule has 150 valence electrons. The number of ether oxygens (including phenoxy) is 1. The van der Waals surface area contributed by atoms with Gasteiger partial charge in [-0.05, 0) is 57.0 Å². The molecule has 6 nitrogen and oxygen atoms in total. The van der Waals surface area contributed by atoms with Crippen LogP contribution in [0.2, 0.25) is 0 Å². The molecule has 2 aromatic carbocycles. The molecule has 0 aromatic heterocycles. The van der Waals surface area contributed by atoms with E-state index in [2.05, 4.69) is 5.32 Å². The predicted octanol–water partition coefficient (Wildman–Crippen LogP) is 3.90. The first-order valence-electron chi connectivity index (χ1n) is 9.55. The van der Waals surface area contributed by atoms with E-state index in [4.69, 9.17) is 4.74 Å².